The zero-order valence-corrected chi connectivity index (χ0v) is 13.0. The number of nitrogens with one attached hydrogen (secondary N) is 1. The van der Waals surface area contributed by atoms with Crippen molar-refractivity contribution in [3.8, 4) is 0 Å². The van der Waals surface area contributed by atoms with Gasteiger partial charge in [0.1, 0.15) is 6.04 Å². The molecule has 1 aromatic carbocycles. The van der Waals surface area contributed by atoms with Gasteiger partial charge in [-0.25, -0.2) is 4.79 Å². The van der Waals surface area contributed by atoms with Gasteiger partial charge in [-0.1, -0.05) is 13.0 Å². The van der Waals surface area contributed by atoms with Crippen molar-refractivity contribution in [2.45, 2.75) is 26.3 Å². The number of rotatable bonds is 5. The van der Waals surface area contributed by atoms with Crippen molar-refractivity contribution in [1.82, 2.24) is 0 Å². The highest BCUT2D eigenvalue weighted by molar-refractivity contribution is 9.11. The molecule has 0 aromatic heterocycles. The van der Waals surface area contributed by atoms with Crippen molar-refractivity contribution in [2.24, 2.45) is 0 Å². The van der Waals surface area contributed by atoms with Crippen molar-refractivity contribution in [3.05, 3.63) is 27.1 Å². The minimum atomic E-state index is -0.329. The second-order valence-electron chi connectivity index (χ2n) is 3.45. The number of esters is 1. The second kappa shape index (κ2) is 7.01. The third-order valence-corrected chi connectivity index (χ3v) is 3.58. The topological polar surface area (TPSA) is 38.3 Å². The quantitative estimate of drug-likeness (QED) is 0.803. The van der Waals surface area contributed by atoms with Crippen molar-refractivity contribution < 1.29 is 9.53 Å². The molecular formula is C12H15Br2NO2. The van der Waals surface area contributed by atoms with Crippen molar-refractivity contribution >= 4 is 43.5 Å². The molecule has 0 radical (unpaired) electrons. The SMILES string of the molecule is CCOC(=O)C(CC)Nc1c(Br)cccc1Br. The first kappa shape index (κ1) is 14.5. The summed E-state index contributed by atoms with van der Waals surface area (Å²) in [7, 11) is 0. The molecule has 0 fully saturated rings. The number of carbonyl (C=O) groups is 1. The van der Waals surface area contributed by atoms with Crippen LogP contribution < -0.4 is 5.32 Å². The second-order valence-corrected chi connectivity index (χ2v) is 5.16. The molecular weight excluding hydrogens is 350 g/mol. The first-order chi connectivity index (χ1) is 8.10. The lowest BCUT2D eigenvalue weighted by Gasteiger charge is -2.18. The highest BCUT2D eigenvalue weighted by Gasteiger charge is 2.19. The van der Waals surface area contributed by atoms with Gasteiger partial charge in [-0.05, 0) is 57.3 Å². The van der Waals surface area contributed by atoms with Crippen LogP contribution in [0.2, 0.25) is 0 Å². The van der Waals surface area contributed by atoms with Crippen LogP contribution in [0, 0.1) is 0 Å². The molecule has 0 aliphatic carbocycles. The standard InChI is InChI=1S/C12H15Br2NO2/c1-3-10(12(16)17-4-2)15-11-8(13)6-5-7-9(11)14/h5-7,10,15H,3-4H2,1-2H3. The van der Waals surface area contributed by atoms with E-state index in [1.165, 1.54) is 0 Å². The lowest BCUT2D eigenvalue weighted by Crippen LogP contribution is -2.31. The molecule has 0 spiro atoms. The first-order valence-corrected chi connectivity index (χ1v) is 7.05. The summed E-state index contributed by atoms with van der Waals surface area (Å²) in [6.07, 6.45) is 0.673. The Kier molecular flexibility index (Phi) is 5.98. The van der Waals surface area contributed by atoms with Crippen molar-refractivity contribution in [2.75, 3.05) is 11.9 Å². The van der Waals surface area contributed by atoms with Gasteiger partial charge < -0.3 is 10.1 Å². The summed E-state index contributed by atoms with van der Waals surface area (Å²) in [6, 6.07) is 5.44. The molecule has 0 aliphatic rings. The average Bonchev–Trinajstić information content (AvgIpc) is 2.29. The van der Waals surface area contributed by atoms with Gasteiger partial charge in [0.15, 0.2) is 0 Å². The predicted molar refractivity (Wildman–Crippen MR) is 76.2 cm³/mol. The Hall–Kier alpha value is -0.550. The van der Waals surface area contributed by atoms with E-state index in [0.29, 0.717) is 13.0 Å². The van der Waals surface area contributed by atoms with E-state index in [0.717, 1.165) is 14.6 Å². The number of benzene rings is 1. The van der Waals surface area contributed by atoms with Gasteiger partial charge in [0.2, 0.25) is 0 Å². The van der Waals surface area contributed by atoms with E-state index >= 15 is 0 Å². The normalized spacial score (nSPS) is 12.0. The molecule has 5 heteroatoms. The van der Waals surface area contributed by atoms with Gasteiger partial charge >= 0.3 is 5.97 Å². The Labute approximate surface area is 118 Å². The van der Waals surface area contributed by atoms with Gasteiger partial charge in [0, 0.05) is 8.95 Å². The molecule has 0 aliphatic heterocycles. The highest BCUT2D eigenvalue weighted by atomic mass is 79.9. The van der Waals surface area contributed by atoms with Crippen LogP contribution in [0.3, 0.4) is 0 Å². The van der Waals surface area contributed by atoms with Crippen LogP contribution in [0.25, 0.3) is 0 Å². The molecule has 1 unspecified atom stereocenters. The number of halogens is 2. The Bertz CT molecular complexity index is 376. The van der Waals surface area contributed by atoms with E-state index in [1.807, 2.05) is 25.1 Å². The van der Waals surface area contributed by atoms with E-state index in [1.54, 1.807) is 6.92 Å². The van der Waals surface area contributed by atoms with E-state index < -0.39 is 0 Å². The maximum atomic E-state index is 11.7. The molecule has 0 heterocycles. The van der Waals surface area contributed by atoms with E-state index in [9.17, 15) is 4.79 Å². The number of para-hydroxylation sites is 1. The summed E-state index contributed by atoms with van der Waals surface area (Å²) in [5.74, 6) is -0.224. The number of hydrogen-bond donors (Lipinski definition) is 1. The largest absolute Gasteiger partial charge is 0.464 e. The predicted octanol–water partition coefficient (Wildman–Crippen LogP) is 3.97. The summed E-state index contributed by atoms with van der Waals surface area (Å²) < 4.78 is 6.84. The fourth-order valence-electron chi connectivity index (χ4n) is 1.38. The van der Waals surface area contributed by atoms with E-state index in [-0.39, 0.29) is 12.0 Å². The molecule has 94 valence electrons. The van der Waals surface area contributed by atoms with Crippen LogP contribution in [0.1, 0.15) is 20.3 Å². The molecule has 1 atom stereocenters. The van der Waals surface area contributed by atoms with E-state index in [4.69, 9.17) is 4.74 Å². The minimum absolute atomic E-state index is 0.224. The summed E-state index contributed by atoms with van der Waals surface area (Å²) >= 11 is 6.90. The average molecular weight is 365 g/mol. The van der Waals surface area contributed by atoms with Crippen LogP contribution in [0.5, 0.6) is 0 Å². The van der Waals surface area contributed by atoms with Crippen LogP contribution >= 0.6 is 31.9 Å². The van der Waals surface area contributed by atoms with Crippen LogP contribution in [0.15, 0.2) is 27.1 Å². The first-order valence-electron chi connectivity index (χ1n) is 5.47. The zero-order valence-electron chi connectivity index (χ0n) is 9.80. The Morgan fingerprint density at radius 3 is 2.41 bits per heavy atom. The number of carbonyl (C=O) groups excluding carboxylic acids is 1. The molecule has 0 saturated heterocycles. The molecule has 3 nitrogen and oxygen atoms in total. The molecule has 1 N–H and O–H groups in total. The number of anilines is 1. The zero-order chi connectivity index (χ0) is 12.8. The highest BCUT2D eigenvalue weighted by Crippen LogP contribution is 2.31. The number of ether oxygens (including phenoxy) is 1. The molecule has 1 aromatic rings. The fourth-order valence-corrected chi connectivity index (χ4v) is 2.61. The molecule has 17 heavy (non-hydrogen) atoms. The lowest BCUT2D eigenvalue weighted by atomic mass is 10.2. The minimum Gasteiger partial charge on any atom is -0.464 e. The van der Waals surface area contributed by atoms with Crippen LogP contribution in [-0.2, 0) is 9.53 Å². The van der Waals surface area contributed by atoms with Gasteiger partial charge in [-0.15, -0.1) is 0 Å². The summed E-state index contributed by atoms with van der Waals surface area (Å²) in [6.45, 7) is 4.15. The molecule has 1 rings (SSSR count). The van der Waals surface area contributed by atoms with Crippen LogP contribution in [-0.4, -0.2) is 18.6 Å². The third kappa shape index (κ3) is 4.00. The summed E-state index contributed by atoms with van der Waals surface area (Å²) in [5.41, 5.74) is 0.868. The molecule has 0 bridgehead atoms. The van der Waals surface area contributed by atoms with Crippen molar-refractivity contribution in [1.29, 1.82) is 0 Å². The Morgan fingerprint density at radius 1 is 1.35 bits per heavy atom. The number of hydrogen-bond acceptors (Lipinski definition) is 3. The summed E-state index contributed by atoms with van der Waals surface area (Å²) in [5, 5.41) is 3.18. The lowest BCUT2D eigenvalue weighted by molar-refractivity contribution is -0.144. The van der Waals surface area contributed by atoms with Gasteiger partial charge in [0.05, 0.1) is 12.3 Å². The maximum absolute atomic E-state index is 11.7. The van der Waals surface area contributed by atoms with Crippen molar-refractivity contribution in [3.63, 3.8) is 0 Å². The smallest absolute Gasteiger partial charge is 0.328 e. The summed E-state index contributed by atoms with van der Waals surface area (Å²) in [4.78, 5) is 11.7. The van der Waals surface area contributed by atoms with Gasteiger partial charge in [-0.2, -0.15) is 0 Å². The van der Waals surface area contributed by atoms with Gasteiger partial charge in [0.25, 0.3) is 0 Å². The van der Waals surface area contributed by atoms with Crippen LogP contribution in [0.4, 0.5) is 5.69 Å². The van der Waals surface area contributed by atoms with E-state index in [2.05, 4.69) is 37.2 Å². The Morgan fingerprint density at radius 2 is 1.94 bits per heavy atom. The fraction of sp³-hybridized carbons (Fsp3) is 0.417. The molecule has 0 saturated carbocycles. The molecule has 0 amide bonds. The maximum Gasteiger partial charge on any atom is 0.328 e. The third-order valence-electron chi connectivity index (χ3n) is 2.26. The monoisotopic (exact) mass is 363 g/mol. The van der Waals surface area contributed by atoms with Gasteiger partial charge in [-0.3, -0.25) is 0 Å². The Balaban J connectivity index is 2.84.